The molecular formula is C20H16N4. The highest BCUT2D eigenvalue weighted by Crippen LogP contribution is 2.37. The summed E-state index contributed by atoms with van der Waals surface area (Å²) in [6, 6.07) is 28.8. The Kier molecular flexibility index (Phi) is 3.78. The molecule has 0 fully saturated rings. The van der Waals surface area contributed by atoms with Crippen molar-refractivity contribution in [3.63, 3.8) is 0 Å². The van der Waals surface area contributed by atoms with Crippen LogP contribution < -0.4 is 4.90 Å². The van der Waals surface area contributed by atoms with Gasteiger partial charge in [-0.05, 0) is 36.4 Å². The predicted octanol–water partition coefficient (Wildman–Crippen LogP) is 4.74. The lowest BCUT2D eigenvalue weighted by atomic mass is 10.1. The highest BCUT2D eigenvalue weighted by Gasteiger charge is 2.16. The van der Waals surface area contributed by atoms with Crippen LogP contribution in [0.1, 0.15) is 0 Å². The van der Waals surface area contributed by atoms with Crippen LogP contribution in [0, 0.1) is 0 Å². The number of aromatic nitrogens is 3. The van der Waals surface area contributed by atoms with Crippen molar-refractivity contribution in [2.45, 2.75) is 0 Å². The number of hydrogen-bond acceptors (Lipinski definition) is 3. The molecule has 4 nitrogen and oxygen atoms in total. The van der Waals surface area contributed by atoms with E-state index in [9.17, 15) is 0 Å². The summed E-state index contributed by atoms with van der Waals surface area (Å²) in [5, 5.41) is 8.10. The first kappa shape index (κ1) is 14.2. The zero-order valence-corrected chi connectivity index (χ0v) is 13.0. The van der Waals surface area contributed by atoms with Crippen molar-refractivity contribution >= 4 is 17.1 Å². The lowest BCUT2D eigenvalue weighted by Gasteiger charge is -2.27. The molecule has 116 valence electrons. The van der Waals surface area contributed by atoms with Gasteiger partial charge in [0.15, 0.2) is 0 Å². The number of para-hydroxylation sites is 4. The Labute approximate surface area is 140 Å². The van der Waals surface area contributed by atoms with Crippen molar-refractivity contribution in [1.29, 1.82) is 0 Å². The molecule has 0 spiro atoms. The first-order chi connectivity index (χ1) is 11.9. The van der Waals surface area contributed by atoms with Crippen LogP contribution in [0.2, 0.25) is 0 Å². The fourth-order valence-electron chi connectivity index (χ4n) is 2.77. The van der Waals surface area contributed by atoms with Crippen LogP contribution in [0.3, 0.4) is 0 Å². The Hall–Kier alpha value is -3.40. The van der Waals surface area contributed by atoms with E-state index in [0.717, 1.165) is 22.7 Å². The van der Waals surface area contributed by atoms with Crippen molar-refractivity contribution in [1.82, 2.24) is 15.0 Å². The summed E-state index contributed by atoms with van der Waals surface area (Å²) in [6.07, 6.45) is 3.54. The molecule has 0 N–H and O–H groups in total. The average molecular weight is 312 g/mol. The largest absolute Gasteiger partial charge is 0.308 e. The highest BCUT2D eigenvalue weighted by molar-refractivity contribution is 5.81. The molecule has 0 saturated carbocycles. The number of benzene rings is 3. The monoisotopic (exact) mass is 312 g/mol. The summed E-state index contributed by atoms with van der Waals surface area (Å²) in [5.74, 6) is 0. The third kappa shape index (κ3) is 2.65. The van der Waals surface area contributed by atoms with E-state index in [-0.39, 0.29) is 0 Å². The molecule has 0 atom stereocenters. The van der Waals surface area contributed by atoms with Crippen LogP contribution in [0.15, 0.2) is 97.3 Å². The topological polar surface area (TPSA) is 34.0 Å². The minimum atomic E-state index is 0.975. The summed E-state index contributed by atoms with van der Waals surface area (Å²) in [6.45, 7) is 0. The second-order valence-corrected chi connectivity index (χ2v) is 5.34. The van der Waals surface area contributed by atoms with Gasteiger partial charge in [-0.25, -0.2) is 4.68 Å². The standard InChI is InChI=1S/C20H16N4/c1-3-9-17(10-4-1)24(18-11-5-2-6-12-18)20-14-8-7-13-19(20)23-16-15-21-22-23/h1-16H. The predicted molar refractivity (Wildman–Crippen MR) is 96.0 cm³/mol. The molecule has 0 aliphatic rings. The Bertz CT molecular complexity index is 863. The van der Waals surface area contributed by atoms with E-state index in [1.807, 2.05) is 60.8 Å². The lowest BCUT2D eigenvalue weighted by Crippen LogP contribution is -2.13. The molecule has 0 aliphatic heterocycles. The van der Waals surface area contributed by atoms with Gasteiger partial charge in [-0.3, -0.25) is 0 Å². The lowest BCUT2D eigenvalue weighted by molar-refractivity contribution is 0.802. The van der Waals surface area contributed by atoms with Gasteiger partial charge in [0, 0.05) is 11.4 Å². The van der Waals surface area contributed by atoms with E-state index in [2.05, 4.69) is 45.5 Å². The second kappa shape index (κ2) is 6.38. The van der Waals surface area contributed by atoms with Gasteiger partial charge >= 0.3 is 0 Å². The second-order valence-electron chi connectivity index (χ2n) is 5.34. The first-order valence-corrected chi connectivity index (χ1v) is 7.79. The Morgan fingerprint density at radius 1 is 0.667 bits per heavy atom. The number of rotatable bonds is 4. The van der Waals surface area contributed by atoms with E-state index >= 15 is 0 Å². The summed E-state index contributed by atoms with van der Waals surface area (Å²) >= 11 is 0. The Morgan fingerprint density at radius 3 is 1.83 bits per heavy atom. The van der Waals surface area contributed by atoms with E-state index in [1.54, 1.807) is 10.9 Å². The van der Waals surface area contributed by atoms with Crippen LogP contribution in [-0.4, -0.2) is 15.0 Å². The van der Waals surface area contributed by atoms with Crippen molar-refractivity contribution < 1.29 is 0 Å². The van der Waals surface area contributed by atoms with Crippen LogP contribution in [0.25, 0.3) is 5.69 Å². The molecule has 4 aromatic rings. The molecule has 0 aliphatic carbocycles. The molecular weight excluding hydrogens is 296 g/mol. The third-order valence-corrected chi connectivity index (χ3v) is 3.82. The molecule has 4 heteroatoms. The van der Waals surface area contributed by atoms with Crippen LogP contribution in [0.4, 0.5) is 17.1 Å². The molecule has 4 rings (SSSR count). The van der Waals surface area contributed by atoms with Crippen molar-refractivity contribution in [2.24, 2.45) is 0 Å². The fourth-order valence-corrected chi connectivity index (χ4v) is 2.77. The van der Waals surface area contributed by atoms with E-state index < -0.39 is 0 Å². The van der Waals surface area contributed by atoms with Gasteiger partial charge in [-0.1, -0.05) is 53.7 Å². The average Bonchev–Trinajstić information content (AvgIpc) is 3.19. The van der Waals surface area contributed by atoms with Gasteiger partial charge in [-0.15, -0.1) is 5.10 Å². The summed E-state index contributed by atoms with van der Waals surface area (Å²) in [5.41, 5.74) is 4.20. The molecule has 0 amide bonds. The normalized spacial score (nSPS) is 10.5. The Balaban J connectivity index is 1.93. The van der Waals surface area contributed by atoms with Crippen LogP contribution >= 0.6 is 0 Å². The van der Waals surface area contributed by atoms with Gasteiger partial charge in [0.1, 0.15) is 0 Å². The van der Waals surface area contributed by atoms with Gasteiger partial charge in [0.2, 0.25) is 0 Å². The van der Waals surface area contributed by atoms with E-state index in [0.29, 0.717) is 0 Å². The minimum Gasteiger partial charge on any atom is -0.308 e. The zero-order chi connectivity index (χ0) is 16.2. The molecule has 0 saturated heterocycles. The summed E-state index contributed by atoms with van der Waals surface area (Å²) < 4.78 is 1.79. The Morgan fingerprint density at radius 2 is 1.25 bits per heavy atom. The maximum atomic E-state index is 4.16. The maximum Gasteiger partial charge on any atom is 0.0903 e. The van der Waals surface area contributed by atoms with Gasteiger partial charge < -0.3 is 4.90 Å². The smallest absolute Gasteiger partial charge is 0.0903 e. The van der Waals surface area contributed by atoms with Crippen molar-refractivity contribution in [3.8, 4) is 5.69 Å². The van der Waals surface area contributed by atoms with Gasteiger partial charge in [0.05, 0.1) is 23.8 Å². The molecule has 24 heavy (non-hydrogen) atoms. The molecule has 0 radical (unpaired) electrons. The first-order valence-electron chi connectivity index (χ1n) is 7.79. The zero-order valence-electron chi connectivity index (χ0n) is 13.0. The SMILES string of the molecule is c1ccc(N(c2ccccc2)c2ccccc2-n2ccnn2)cc1. The van der Waals surface area contributed by atoms with E-state index in [1.165, 1.54) is 0 Å². The summed E-state index contributed by atoms with van der Waals surface area (Å²) in [7, 11) is 0. The number of hydrogen-bond donors (Lipinski definition) is 0. The minimum absolute atomic E-state index is 0.975. The number of nitrogens with zero attached hydrogens (tertiary/aromatic N) is 4. The molecule has 1 aromatic heterocycles. The van der Waals surface area contributed by atoms with Crippen molar-refractivity contribution in [2.75, 3.05) is 4.90 Å². The van der Waals surface area contributed by atoms with Crippen LogP contribution in [-0.2, 0) is 0 Å². The van der Waals surface area contributed by atoms with Crippen molar-refractivity contribution in [3.05, 3.63) is 97.3 Å². The van der Waals surface area contributed by atoms with E-state index in [4.69, 9.17) is 0 Å². The molecule has 3 aromatic carbocycles. The molecule has 1 heterocycles. The maximum absolute atomic E-state index is 4.16. The highest BCUT2D eigenvalue weighted by atomic mass is 15.4. The summed E-state index contributed by atoms with van der Waals surface area (Å²) in [4.78, 5) is 2.22. The number of anilines is 3. The van der Waals surface area contributed by atoms with Gasteiger partial charge in [0.25, 0.3) is 0 Å². The third-order valence-electron chi connectivity index (χ3n) is 3.82. The quantitative estimate of drug-likeness (QED) is 0.546. The van der Waals surface area contributed by atoms with Crippen LogP contribution in [0.5, 0.6) is 0 Å². The molecule has 0 bridgehead atoms. The van der Waals surface area contributed by atoms with Gasteiger partial charge in [-0.2, -0.15) is 0 Å². The molecule has 0 unspecified atom stereocenters. The fraction of sp³-hybridized carbons (Fsp3) is 0.